The van der Waals surface area contributed by atoms with Crippen LogP contribution in [0.1, 0.15) is 74.7 Å². The summed E-state index contributed by atoms with van der Waals surface area (Å²) in [5, 5.41) is 3.48. The highest BCUT2D eigenvalue weighted by Gasteiger charge is 2.50. The van der Waals surface area contributed by atoms with E-state index < -0.39 is 5.41 Å². The van der Waals surface area contributed by atoms with E-state index in [9.17, 15) is 9.59 Å². The van der Waals surface area contributed by atoms with Gasteiger partial charge < -0.3 is 10.5 Å². The highest BCUT2D eigenvalue weighted by atomic mass is 127. The minimum atomic E-state index is -0.451. The maximum atomic E-state index is 13.1. The average molecular weight is 648 g/mol. The molecule has 0 aromatic heterocycles. The van der Waals surface area contributed by atoms with Gasteiger partial charge in [-0.25, -0.2) is 0 Å². The highest BCUT2D eigenvalue weighted by molar-refractivity contribution is 14.1. The van der Waals surface area contributed by atoms with Crippen LogP contribution in [0.4, 0.5) is 0 Å². The van der Waals surface area contributed by atoms with Gasteiger partial charge in [-0.15, -0.1) is 0 Å². The second-order valence-electron chi connectivity index (χ2n) is 10.3. The third-order valence-corrected chi connectivity index (χ3v) is 7.38. The first kappa shape index (κ1) is 29.7. The topological polar surface area (TPSA) is 118 Å². The van der Waals surface area contributed by atoms with Crippen LogP contribution in [0.2, 0.25) is 0 Å². The van der Waals surface area contributed by atoms with E-state index in [0.29, 0.717) is 25.8 Å². The summed E-state index contributed by atoms with van der Waals surface area (Å²) in [4.78, 5) is 28.1. The molecule has 0 aliphatic rings. The van der Waals surface area contributed by atoms with E-state index in [4.69, 9.17) is 16.0 Å². The number of carbonyl (C=O) groups excluding carboxylic acids is 2. The molecule has 0 saturated carbocycles. The first-order valence-electron chi connectivity index (χ1n) is 10.2. The Balaban J connectivity index is 5.78. The smallest absolute Gasteiger partial charge is 0.309 e. The van der Waals surface area contributed by atoms with Gasteiger partial charge in [0, 0.05) is 18.3 Å². The minimum absolute atomic E-state index is 0.106. The van der Waals surface area contributed by atoms with Gasteiger partial charge in [0.1, 0.15) is 0 Å². The zero-order chi connectivity index (χ0) is 24.0. The van der Waals surface area contributed by atoms with Gasteiger partial charge in [0.15, 0.2) is 0 Å². The van der Waals surface area contributed by atoms with E-state index in [1.165, 1.54) is 0 Å². The van der Waals surface area contributed by atoms with Crippen LogP contribution < -0.4 is 5.73 Å². The van der Waals surface area contributed by atoms with E-state index in [1.807, 2.05) is 13.8 Å². The standard InChI is InChI=1S/C21H38I2N4O3/c1-18(2,12-14(16(24)28)21(7,8)23)20(5,6)15(13-19(3,4)22)17(29)30-11-9-10-26-27-25/h14-15H,9-13H2,1-8H3,(H2,24,28). The molecule has 0 rings (SSSR count). The molecule has 0 bridgehead atoms. The average Bonchev–Trinajstić information content (AvgIpc) is 2.55. The molecule has 0 fully saturated rings. The molecule has 0 spiro atoms. The Morgan fingerprint density at radius 3 is 1.97 bits per heavy atom. The number of rotatable bonds is 13. The summed E-state index contributed by atoms with van der Waals surface area (Å²) in [7, 11) is 0. The predicted octanol–water partition coefficient (Wildman–Crippen LogP) is 6.21. The van der Waals surface area contributed by atoms with Crippen molar-refractivity contribution in [2.24, 2.45) is 33.5 Å². The fourth-order valence-corrected chi connectivity index (χ4v) is 4.47. The summed E-state index contributed by atoms with van der Waals surface area (Å²) in [5.41, 5.74) is 13.3. The molecule has 0 saturated heterocycles. The lowest BCUT2D eigenvalue weighted by Crippen LogP contribution is -2.49. The van der Waals surface area contributed by atoms with Crippen molar-refractivity contribution in [1.82, 2.24) is 0 Å². The van der Waals surface area contributed by atoms with Crippen LogP contribution in [-0.2, 0) is 14.3 Å². The molecule has 0 aromatic carbocycles. The molecule has 0 aromatic rings. The largest absolute Gasteiger partial charge is 0.465 e. The Bertz CT molecular complexity index is 646. The summed E-state index contributed by atoms with van der Waals surface area (Å²) in [5.74, 6) is -1.24. The van der Waals surface area contributed by atoms with Crippen LogP contribution in [0.15, 0.2) is 5.11 Å². The van der Waals surface area contributed by atoms with Gasteiger partial charge in [0.05, 0.1) is 18.4 Å². The van der Waals surface area contributed by atoms with E-state index in [1.54, 1.807) is 0 Å². The second kappa shape index (κ2) is 11.5. The summed E-state index contributed by atoms with van der Waals surface area (Å²) < 4.78 is 5.18. The van der Waals surface area contributed by atoms with Crippen molar-refractivity contribution in [2.45, 2.75) is 81.5 Å². The Morgan fingerprint density at radius 1 is 1.03 bits per heavy atom. The molecule has 0 aliphatic heterocycles. The van der Waals surface area contributed by atoms with Gasteiger partial charge >= 0.3 is 5.97 Å². The Hall–Kier alpha value is -0.290. The zero-order valence-corrected chi connectivity index (χ0v) is 23.9. The number of alkyl halides is 2. The van der Waals surface area contributed by atoms with Crippen molar-refractivity contribution >= 4 is 57.1 Å². The summed E-state index contributed by atoms with van der Waals surface area (Å²) >= 11 is 4.64. The van der Waals surface area contributed by atoms with E-state index in [2.05, 4.69) is 96.8 Å². The van der Waals surface area contributed by atoms with Crippen LogP contribution in [0.3, 0.4) is 0 Å². The second-order valence-corrected chi connectivity index (χ2v) is 16.0. The number of hydrogen-bond acceptors (Lipinski definition) is 4. The normalized spacial score (nSPS) is 15.1. The molecule has 7 nitrogen and oxygen atoms in total. The van der Waals surface area contributed by atoms with Crippen molar-refractivity contribution in [3.63, 3.8) is 0 Å². The lowest BCUT2D eigenvalue weighted by atomic mass is 9.56. The molecule has 1 amide bonds. The monoisotopic (exact) mass is 648 g/mol. The lowest BCUT2D eigenvalue weighted by molar-refractivity contribution is -0.158. The zero-order valence-electron chi connectivity index (χ0n) is 19.6. The molecule has 2 N–H and O–H groups in total. The van der Waals surface area contributed by atoms with Gasteiger partial charge in [-0.05, 0) is 35.6 Å². The quantitative estimate of drug-likeness (QED) is 0.0487. The summed E-state index contributed by atoms with van der Waals surface area (Å²) in [6.07, 6.45) is 1.72. The molecule has 9 heteroatoms. The maximum Gasteiger partial charge on any atom is 0.309 e. The fourth-order valence-electron chi connectivity index (χ4n) is 3.50. The highest BCUT2D eigenvalue weighted by Crippen LogP contribution is 2.53. The summed E-state index contributed by atoms with van der Waals surface area (Å²) in [6, 6.07) is 0. The number of hydrogen-bond donors (Lipinski definition) is 1. The fraction of sp³-hybridized carbons (Fsp3) is 0.905. The maximum absolute atomic E-state index is 13.1. The Morgan fingerprint density at radius 2 is 1.57 bits per heavy atom. The Labute approximate surface area is 208 Å². The Kier molecular flexibility index (Phi) is 11.4. The molecule has 174 valence electrons. The van der Waals surface area contributed by atoms with Crippen LogP contribution in [0.25, 0.3) is 10.4 Å². The van der Waals surface area contributed by atoms with Gasteiger partial charge in [-0.3, -0.25) is 9.59 Å². The SMILES string of the molecule is CC(C)(I)CC(C(=O)OCCCN=[N+]=[N-])C(C)(C)C(C)(C)CC(C(N)=O)C(C)(C)I. The third kappa shape index (κ3) is 9.46. The van der Waals surface area contributed by atoms with E-state index in [-0.39, 0.29) is 42.6 Å². The molecular weight excluding hydrogens is 610 g/mol. The van der Waals surface area contributed by atoms with Crippen molar-refractivity contribution < 1.29 is 14.3 Å². The number of carbonyl (C=O) groups is 2. The minimum Gasteiger partial charge on any atom is -0.465 e. The van der Waals surface area contributed by atoms with Crippen LogP contribution in [0.5, 0.6) is 0 Å². The number of nitrogens with zero attached hydrogens (tertiary/aromatic N) is 3. The van der Waals surface area contributed by atoms with E-state index in [0.717, 1.165) is 0 Å². The molecular formula is C21H38I2N4O3. The van der Waals surface area contributed by atoms with Gasteiger partial charge in [0.2, 0.25) is 5.91 Å². The van der Waals surface area contributed by atoms with E-state index >= 15 is 0 Å². The summed E-state index contributed by atoms with van der Waals surface area (Å²) in [6.45, 7) is 17.1. The lowest BCUT2D eigenvalue weighted by Gasteiger charge is -2.49. The first-order valence-corrected chi connectivity index (χ1v) is 12.4. The van der Waals surface area contributed by atoms with Crippen LogP contribution in [0, 0.1) is 22.7 Å². The number of halogens is 2. The van der Waals surface area contributed by atoms with Crippen LogP contribution in [-0.4, -0.2) is 31.9 Å². The number of ether oxygens (including phenoxy) is 1. The molecule has 0 radical (unpaired) electrons. The van der Waals surface area contributed by atoms with Crippen molar-refractivity contribution in [2.75, 3.05) is 13.2 Å². The number of amides is 1. The van der Waals surface area contributed by atoms with Crippen molar-refractivity contribution in [3.05, 3.63) is 10.4 Å². The molecule has 0 heterocycles. The number of nitrogens with two attached hydrogens (primary N) is 1. The third-order valence-electron chi connectivity index (χ3n) is 6.19. The first-order chi connectivity index (χ1) is 13.4. The predicted molar refractivity (Wildman–Crippen MR) is 139 cm³/mol. The molecule has 30 heavy (non-hydrogen) atoms. The molecule has 2 unspecified atom stereocenters. The van der Waals surface area contributed by atoms with Gasteiger partial charge in [0.25, 0.3) is 0 Å². The number of primary amides is 1. The van der Waals surface area contributed by atoms with Gasteiger partial charge in [-0.2, -0.15) is 0 Å². The molecule has 2 atom stereocenters. The van der Waals surface area contributed by atoms with Crippen molar-refractivity contribution in [3.8, 4) is 0 Å². The molecule has 0 aliphatic carbocycles. The number of esters is 1. The van der Waals surface area contributed by atoms with Crippen LogP contribution >= 0.6 is 45.2 Å². The van der Waals surface area contributed by atoms with Gasteiger partial charge in [-0.1, -0.05) is 106 Å². The number of azide groups is 1. The van der Waals surface area contributed by atoms with Crippen molar-refractivity contribution in [1.29, 1.82) is 0 Å².